The van der Waals surface area contributed by atoms with Gasteiger partial charge in [-0.3, -0.25) is 14.4 Å². The predicted molar refractivity (Wildman–Crippen MR) is 90.8 cm³/mol. The van der Waals surface area contributed by atoms with Gasteiger partial charge in [0.25, 0.3) is 11.8 Å². The average Bonchev–Trinajstić information content (AvgIpc) is 2.64. The van der Waals surface area contributed by atoms with Crippen molar-refractivity contribution in [3.05, 3.63) is 71.8 Å². The van der Waals surface area contributed by atoms with E-state index in [9.17, 15) is 14.4 Å². The third kappa shape index (κ3) is 4.17. The molecule has 6 heteroatoms. The number of hydrogen-bond donors (Lipinski definition) is 0. The lowest BCUT2D eigenvalue weighted by Gasteiger charge is -2.22. The fraction of sp³-hybridized carbons (Fsp3) is 0.158. The van der Waals surface area contributed by atoms with Gasteiger partial charge in [-0.25, -0.2) is 5.01 Å². The third-order valence-electron chi connectivity index (χ3n) is 3.66. The lowest BCUT2D eigenvalue weighted by atomic mass is 10.1. The molecule has 0 saturated carbocycles. The number of nitrogens with zero attached hydrogens (tertiary/aromatic N) is 2. The molecule has 0 unspecified atom stereocenters. The average molecular weight is 336 g/mol. The number of benzene rings is 2. The first-order valence-corrected chi connectivity index (χ1v) is 7.80. The van der Waals surface area contributed by atoms with Crippen LogP contribution in [0.1, 0.15) is 22.3 Å². The number of Topliss-reactive ketones (excluding diaryl/α,β-unsaturated/α-hetero) is 2. The molecule has 0 fully saturated rings. The lowest BCUT2D eigenvalue weighted by molar-refractivity contribution is -0.135. The summed E-state index contributed by atoms with van der Waals surface area (Å²) in [5.74, 6) is -1.40. The molecule has 2 aromatic rings. The lowest BCUT2D eigenvalue weighted by Crippen LogP contribution is -2.40. The number of rotatable bonds is 5. The second kappa shape index (κ2) is 7.53. The van der Waals surface area contributed by atoms with E-state index >= 15 is 0 Å². The van der Waals surface area contributed by atoms with Crippen LogP contribution in [0.3, 0.4) is 0 Å². The molecule has 0 aliphatic carbocycles. The molecule has 0 N–H and O–H groups in total. The summed E-state index contributed by atoms with van der Waals surface area (Å²) < 4.78 is 5.44. The summed E-state index contributed by atoms with van der Waals surface area (Å²) in [5, 5.41) is 4.93. The van der Waals surface area contributed by atoms with Gasteiger partial charge in [0, 0.05) is 5.56 Å². The zero-order valence-electron chi connectivity index (χ0n) is 13.4. The van der Waals surface area contributed by atoms with Crippen LogP contribution in [0.15, 0.2) is 65.8 Å². The van der Waals surface area contributed by atoms with E-state index in [0.29, 0.717) is 5.56 Å². The largest absolute Gasteiger partial charge is 0.469 e. The Kier molecular flexibility index (Phi) is 4.99. The number of hydrogen-bond acceptors (Lipinski definition) is 5. The van der Waals surface area contributed by atoms with E-state index in [4.69, 9.17) is 4.74 Å². The van der Waals surface area contributed by atoms with Gasteiger partial charge in [-0.2, -0.15) is 0 Å². The summed E-state index contributed by atoms with van der Waals surface area (Å²) in [6, 6.07) is 17.9. The summed E-state index contributed by atoms with van der Waals surface area (Å²) in [5.41, 5.74) is 1.36. The van der Waals surface area contributed by atoms with Crippen molar-refractivity contribution in [2.24, 2.45) is 5.10 Å². The minimum atomic E-state index is -0.513. The molecule has 2 aromatic carbocycles. The van der Waals surface area contributed by atoms with Crippen LogP contribution >= 0.6 is 0 Å². The molecule has 0 spiro atoms. The van der Waals surface area contributed by atoms with Crippen LogP contribution in [0.25, 0.3) is 0 Å². The van der Waals surface area contributed by atoms with Gasteiger partial charge in [-0.05, 0) is 5.56 Å². The summed E-state index contributed by atoms with van der Waals surface area (Å²) in [6.07, 6.45) is -0.351. The van der Waals surface area contributed by atoms with Gasteiger partial charge in [-0.15, -0.1) is 5.10 Å². The first kappa shape index (κ1) is 16.6. The number of ketones is 2. The normalized spacial score (nSPS) is 14.2. The molecule has 25 heavy (non-hydrogen) atoms. The maximum atomic E-state index is 12.2. The van der Waals surface area contributed by atoms with Crippen LogP contribution in [-0.2, 0) is 20.9 Å². The molecule has 3 rings (SSSR count). The van der Waals surface area contributed by atoms with Gasteiger partial charge in [0.15, 0.2) is 5.78 Å². The van der Waals surface area contributed by atoms with Gasteiger partial charge >= 0.3 is 0 Å². The van der Waals surface area contributed by atoms with Gasteiger partial charge < -0.3 is 4.74 Å². The maximum absolute atomic E-state index is 12.2. The van der Waals surface area contributed by atoms with Gasteiger partial charge in [-0.1, -0.05) is 60.7 Å². The van der Waals surface area contributed by atoms with Crippen LogP contribution in [0.5, 0.6) is 0 Å². The Morgan fingerprint density at radius 2 is 1.64 bits per heavy atom. The van der Waals surface area contributed by atoms with Crippen molar-refractivity contribution >= 4 is 23.4 Å². The van der Waals surface area contributed by atoms with E-state index in [1.54, 1.807) is 30.3 Å². The second-order valence-corrected chi connectivity index (χ2v) is 5.52. The Morgan fingerprint density at radius 1 is 1.00 bits per heavy atom. The summed E-state index contributed by atoms with van der Waals surface area (Å²) in [6.45, 7) is -0.0611. The summed E-state index contributed by atoms with van der Waals surface area (Å²) in [7, 11) is 0. The molecule has 0 aromatic heterocycles. The Balaban J connectivity index is 1.70. The fourth-order valence-corrected chi connectivity index (χ4v) is 2.34. The zero-order chi connectivity index (χ0) is 17.6. The Labute approximate surface area is 144 Å². The van der Waals surface area contributed by atoms with Crippen molar-refractivity contribution in [1.82, 2.24) is 5.01 Å². The number of ether oxygens (including phenoxy) is 1. The van der Waals surface area contributed by atoms with Crippen molar-refractivity contribution in [2.75, 3.05) is 6.54 Å². The van der Waals surface area contributed by atoms with Crippen molar-refractivity contribution in [3.63, 3.8) is 0 Å². The molecular formula is C19H16N2O4. The van der Waals surface area contributed by atoms with Crippen LogP contribution < -0.4 is 0 Å². The Bertz CT molecular complexity index is 816. The topological polar surface area (TPSA) is 76.0 Å². The zero-order valence-corrected chi connectivity index (χ0v) is 13.4. The highest BCUT2D eigenvalue weighted by molar-refractivity contribution is 6.40. The van der Waals surface area contributed by atoms with E-state index in [2.05, 4.69) is 5.10 Å². The van der Waals surface area contributed by atoms with Crippen molar-refractivity contribution in [1.29, 1.82) is 0 Å². The molecule has 0 radical (unpaired) electrons. The maximum Gasteiger partial charge on any atom is 0.276 e. The monoisotopic (exact) mass is 336 g/mol. The Hall–Kier alpha value is -3.28. The van der Waals surface area contributed by atoms with E-state index < -0.39 is 11.7 Å². The van der Waals surface area contributed by atoms with Crippen LogP contribution in [0.4, 0.5) is 0 Å². The highest BCUT2D eigenvalue weighted by Gasteiger charge is 2.30. The first-order chi connectivity index (χ1) is 12.1. The molecular weight excluding hydrogens is 320 g/mol. The number of carbonyl (C=O) groups excluding carboxylic acids is 3. The van der Waals surface area contributed by atoms with Gasteiger partial charge in [0.05, 0.1) is 6.42 Å². The fourth-order valence-electron chi connectivity index (χ4n) is 2.34. The van der Waals surface area contributed by atoms with Crippen molar-refractivity contribution < 1.29 is 19.1 Å². The van der Waals surface area contributed by atoms with Crippen molar-refractivity contribution in [2.45, 2.75) is 13.0 Å². The standard InChI is InChI=1S/C19H16N2O4/c22-16-11-18(24)21(12-17(23)15-9-5-2-6-10-15)20-19(16)25-13-14-7-3-1-4-8-14/h1-10H,11-13H2. The molecule has 0 saturated heterocycles. The molecule has 1 amide bonds. The van der Waals surface area contributed by atoms with Crippen LogP contribution in [0, 0.1) is 0 Å². The molecule has 1 aliphatic rings. The summed E-state index contributed by atoms with van der Waals surface area (Å²) in [4.78, 5) is 36.2. The van der Waals surface area contributed by atoms with Gasteiger partial charge in [0.1, 0.15) is 13.2 Å². The molecule has 6 nitrogen and oxygen atoms in total. The van der Waals surface area contributed by atoms with E-state index in [1.165, 1.54) is 0 Å². The van der Waals surface area contributed by atoms with Crippen LogP contribution in [-0.4, -0.2) is 34.9 Å². The third-order valence-corrected chi connectivity index (χ3v) is 3.66. The number of amides is 1. The van der Waals surface area contributed by atoms with E-state index in [-0.39, 0.29) is 31.3 Å². The minimum absolute atomic E-state index is 0.149. The first-order valence-electron chi connectivity index (χ1n) is 7.80. The predicted octanol–water partition coefficient (Wildman–Crippen LogP) is 2.20. The highest BCUT2D eigenvalue weighted by Crippen LogP contribution is 2.11. The second-order valence-electron chi connectivity index (χ2n) is 5.52. The summed E-state index contributed by atoms with van der Waals surface area (Å²) >= 11 is 0. The molecule has 126 valence electrons. The van der Waals surface area contributed by atoms with E-state index in [1.807, 2.05) is 30.3 Å². The SMILES string of the molecule is O=C1CC(=O)N(CC(=O)c2ccccc2)N=C1OCc1ccccc1. The molecule has 0 bridgehead atoms. The van der Waals surface area contributed by atoms with Gasteiger partial charge in [0.2, 0.25) is 5.78 Å². The minimum Gasteiger partial charge on any atom is -0.469 e. The van der Waals surface area contributed by atoms with E-state index in [0.717, 1.165) is 10.6 Å². The number of hydrazone groups is 1. The number of carbonyl (C=O) groups is 3. The molecule has 0 atom stereocenters. The van der Waals surface area contributed by atoms with Crippen molar-refractivity contribution in [3.8, 4) is 0 Å². The van der Waals surface area contributed by atoms with Crippen LogP contribution in [0.2, 0.25) is 0 Å². The molecule has 1 heterocycles. The Morgan fingerprint density at radius 3 is 2.32 bits per heavy atom. The smallest absolute Gasteiger partial charge is 0.276 e. The molecule has 1 aliphatic heterocycles. The quantitative estimate of drug-likeness (QED) is 0.619. The highest BCUT2D eigenvalue weighted by atomic mass is 16.5.